The monoisotopic (exact) mass is 435 g/mol. The smallest absolute Gasteiger partial charge is 0.408 e. The van der Waals surface area contributed by atoms with Crippen LogP contribution in [0.4, 0.5) is 13.6 Å². The van der Waals surface area contributed by atoms with Gasteiger partial charge < -0.3 is 15.8 Å². The molecule has 0 radical (unpaired) electrons. The number of ether oxygens (including phenoxy) is 1. The summed E-state index contributed by atoms with van der Waals surface area (Å²) in [6.45, 7) is 5.34. The van der Waals surface area contributed by atoms with Gasteiger partial charge in [0.05, 0.1) is 23.5 Å². The van der Waals surface area contributed by atoms with Crippen molar-refractivity contribution in [3.63, 3.8) is 0 Å². The fraction of sp³-hybridized carbons (Fsp3) is 0.682. The highest BCUT2D eigenvalue weighted by atomic mass is 19.3. The normalized spacial score (nSPS) is 21.6. The van der Waals surface area contributed by atoms with Crippen molar-refractivity contribution in [2.75, 3.05) is 0 Å². The number of hydrogen-bond donors (Lipinski definition) is 2. The standard InChI is InChI=1S/C22H31F2N5O2/c1-21(2,3)31-20(30)28-18(14-6-9-22(23,24)10-7-14)16-12-29-11-8-15(26-19(29)27-16)17(25)13-4-5-13/h8,11-14,17-18H,4-7,9-10,25H2,1-3H3,(H,28,30)/t17-,18-/m0/s1. The molecule has 2 heterocycles. The Morgan fingerprint density at radius 1 is 1.19 bits per heavy atom. The van der Waals surface area contributed by atoms with E-state index in [0.29, 0.717) is 30.2 Å². The molecule has 2 aromatic heterocycles. The average molecular weight is 436 g/mol. The van der Waals surface area contributed by atoms with Crippen LogP contribution in [-0.4, -0.2) is 32.0 Å². The predicted octanol–water partition coefficient (Wildman–Crippen LogP) is 4.53. The minimum Gasteiger partial charge on any atom is -0.444 e. The second kappa shape index (κ2) is 8.00. The first-order chi connectivity index (χ1) is 14.5. The number of nitrogens with zero attached hydrogens (tertiary/aromatic N) is 3. The zero-order valence-electron chi connectivity index (χ0n) is 18.3. The van der Waals surface area contributed by atoms with Gasteiger partial charge in [-0.3, -0.25) is 4.40 Å². The van der Waals surface area contributed by atoms with Gasteiger partial charge in [-0.05, 0) is 64.4 Å². The molecule has 2 fully saturated rings. The predicted molar refractivity (Wildman–Crippen MR) is 112 cm³/mol. The molecule has 0 unspecified atom stereocenters. The third kappa shape index (κ3) is 5.31. The van der Waals surface area contributed by atoms with Crippen LogP contribution in [0.2, 0.25) is 0 Å². The number of alkyl carbamates (subject to hydrolysis) is 1. The molecule has 2 saturated carbocycles. The van der Waals surface area contributed by atoms with Gasteiger partial charge in [-0.15, -0.1) is 0 Å². The summed E-state index contributed by atoms with van der Waals surface area (Å²) >= 11 is 0. The molecule has 0 bridgehead atoms. The van der Waals surface area contributed by atoms with Crippen molar-refractivity contribution in [3.05, 3.63) is 29.8 Å². The van der Waals surface area contributed by atoms with Crippen LogP contribution >= 0.6 is 0 Å². The molecule has 0 aromatic carbocycles. The zero-order chi connectivity index (χ0) is 22.4. The van der Waals surface area contributed by atoms with Gasteiger partial charge in [0.1, 0.15) is 5.60 Å². The van der Waals surface area contributed by atoms with Crippen LogP contribution in [0, 0.1) is 11.8 Å². The lowest BCUT2D eigenvalue weighted by atomic mass is 9.81. The number of carbonyl (C=O) groups excluding carboxylic acids is 1. The maximum Gasteiger partial charge on any atom is 0.408 e. The average Bonchev–Trinajstić information content (AvgIpc) is 3.43. The van der Waals surface area contributed by atoms with E-state index >= 15 is 0 Å². The number of nitrogens with two attached hydrogens (primary N) is 1. The minimum absolute atomic E-state index is 0.110. The number of alkyl halides is 2. The maximum atomic E-state index is 13.7. The highest BCUT2D eigenvalue weighted by Crippen LogP contribution is 2.42. The second-order valence-corrected chi connectivity index (χ2v) is 9.91. The summed E-state index contributed by atoms with van der Waals surface area (Å²) in [5.74, 6) is -1.86. The number of hydrogen-bond acceptors (Lipinski definition) is 5. The Hall–Kier alpha value is -2.29. The van der Waals surface area contributed by atoms with E-state index in [2.05, 4.69) is 15.3 Å². The topological polar surface area (TPSA) is 94.5 Å². The maximum absolute atomic E-state index is 13.7. The Morgan fingerprint density at radius 3 is 2.45 bits per heavy atom. The lowest BCUT2D eigenvalue weighted by molar-refractivity contribution is -0.0500. The Balaban J connectivity index is 1.60. The molecule has 3 N–H and O–H groups in total. The Labute approximate surface area is 180 Å². The van der Waals surface area contributed by atoms with E-state index in [1.807, 2.05) is 12.3 Å². The van der Waals surface area contributed by atoms with E-state index in [1.54, 1.807) is 31.4 Å². The van der Waals surface area contributed by atoms with Crippen LogP contribution in [-0.2, 0) is 4.74 Å². The van der Waals surface area contributed by atoms with Gasteiger partial charge in [0, 0.05) is 25.2 Å². The summed E-state index contributed by atoms with van der Waals surface area (Å²) in [4.78, 5) is 21.7. The van der Waals surface area contributed by atoms with Crippen molar-refractivity contribution in [2.24, 2.45) is 17.6 Å². The van der Waals surface area contributed by atoms with Crippen molar-refractivity contribution in [1.29, 1.82) is 0 Å². The zero-order valence-corrected chi connectivity index (χ0v) is 18.3. The minimum atomic E-state index is -2.65. The van der Waals surface area contributed by atoms with Gasteiger partial charge in [0.15, 0.2) is 0 Å². The number of halogens is 2. The number of amides is 1. The van der Waals surface area contributed by atoms with Crippen LogP contribution < -0.4 is 11.1 Å². The highest BCUT2D eigenvalue weighted by Gasteiger charge is 2.40. The fourth-order valence-corrected chi connectivity index (χ4v) is 4.20. The van der Waals surface area contributed by atoms with Crippen molar-refractivity contribution in [2.45, 2.75) is 82.9 Å². The van der Waals surface area contributed by atoms with E-state index in [1.165, 1.54) is 0 Å². The van der Waals surface area contributed by atoms with E-state index < -0.39 is 23.7 Å². The largest absolute Gasteiger partial charge is 0.444 e. The Kier molecular flexibility index (Phi) is 5.66. The first-order valence-corrected chi connectivity index (χ1v) is 11.0. The van der Waals surface area contributed by atoms with Gasteiger partial charge in [-0.1, -0.05) is 0 Å². The van der Waals surface area contributed by atoms with Gasteiger partial charge in [0.2, 0.25) is 11.7 Å². The third-order valence-corrected chi connectivity index (χ3v) is 6.06. The molecule has 31 heavy (non-hydrogen) atoms. The SMILES string of the molecule is CC(C)(C)OC(=O)N[C@H](c1cn2ccc([C@@H](N)C3CC3)nc2n1)C1CCC(F)(F)CC1. The molecule has 2 aromatic rings. The summed E-state index contributed by atoms with van der Waals surface area (Å²) < 4.78 is 34.7. The quantitative estimate of drug-likeness (QED) is 0.720. The van der Waals surface area contributed by atoms with Crippen LogP contribution in [0.25, 0.3) is 5.78 Å². The fourth-order valence-electron chi connectivity index (χ4n) is 4.20. The molecule has 2 aliphatic rings. The molecule has 0 aliphatic heterocycles. The van der Waals surface area contributed by atoms with Crippen molar-refractivity contribution < 1.29 is 18.3 Å². The number of nitrogens with one attached hydrogen (secondary N) is 1. The summed E-state index contributed by atoms with van der Waals surface area (Å²) in [5.41, 5.74) is 7.00. The van der Waals surface area contributed by atoms with Crippen molar-refractivity contribution in [1.82, 2.24) is 19.7 Å². The van der Waals surface area contributed by atoms with Crippen LogP contribution in [0.5, 0.6) is 0 Å². The van der Waals surface area contributed by atoms with E-state index in [0.717, 1.165) is 18.5 Å². The molecular formula is C22H31F2N5O2. The van der Waals surface area contributed by atoms with Gasteiger partial charge >= 0.3 is 6.09 Å². The van der Waals surface area contributed by atoms with Crippen molar-refractivity contribution in [3.8, 4) is 0 Å². The molecular weight excluding hydrogens is 404 g/mol. The number of aromatic nitrogens is 3. The third-order valence-electron chi connectivity index (χ3n) is 6.06. The lowest BCUT2D eigenvalue weighted by Crippen LogP contribution is -2.40. The summed E-state index contributed by atoms with van der Waals surface area (Å²) in [6, 6.07) is 1.24. The first-order valence-electron chi connectivity index (χ1n) is 11.0. The van der Waals surface area contributed by atoms with Crippen LogP contribution in [0.15, 0.2) is 18.5 Å². The molecule has 0 saturated heterocycles. The number of rotatable bonds is 5. The summed E-state index contributed by atoms with van der Waals surface area (Å²) in [7, 11) is 0. The molecule has 0 spiro atoms. The van der Waals surface area contributed by atoms with Crippen LogP contribution in [0.3, 0.4) is 0 Å². The van der Waals surface area contributed by atoms with Crippen LogP contribution in [0.1, 0.15) is 82.8 Å². The highest BCUT2D eigenvalue weighted by molar-refractivity contribution is 5.68. The number of carbonyl (C=O) groups is 1. The molecule has 1 amide bonds. The molecule has 2 atom stereocenters. The lowest BCUT2D eigenvalue weighted by Gasteiger charge is -2.33. The number of fused-ring (bicyclic) bond motifs is 1. The summed E-state index contributed by atoms with van der Waals surface area (Å²) in [6.07, 6.45) is 5.49. The molecule has 7 nitrogen and oxygen atoms in total. The molecule has 4 rings (SSSR count). The number of imidazole rings is 1. The second-order valence-electron chi connectivity index (χ2n) is 9.91. The summed E-state index contributed by atoms with van der Waals surface area (Å²) in [5, 5.41) is 2.88. The van der Waals surface area contributed by atoms with Gasteiger partial charge in [-0.2, -0.15) is 0 Å². The van der Waals surface area contributed by atoms with Gasteiger partial charge in [-0.25, -0.2) is 23.5 Å². The Bertz CT molecular complexity index is 941. The Morgan fingerprint density at radius 2 is 1.84 bits per heavy atom. The molecule has 2 aliphatic carbocycles. The molecule has 170 valence electrons. The first kappa shape index (κ1) is 21.9. The van der Waals surface area contributed by atoms with Crippen molar-refractivity contribution >= 4 is 11.9 Å². The van der Waals surface area contributed by atoms with Gasteiger partial charge in [0.25, 0.3) is 0 Å². The van der Waals surface area contributed by atoms with E-state index in [9.17, 15) is 13.6 Å². The van der Waals surface area contributed by atoms with E-state index in [-0.39, 0.29) is 24.8 Å². The van der Waals surface area contributed by atoms with E-state index in [4.69, 9.17) is 10.5 Å². The molecule has 9 heteroatoms.